The highest BCUT2D eigenvalue weighted by atomic mass is 32.2. The van der Waals surface area contributed by atoms with Crippen molar-refractivity contribution in [1.82, 2.24) is 4.31 Å². The molecule has 1 aromatic rings. The number of nitriles is 1. The molecule has 0 radical (unpaired) electrons. The number of aliphatic hydroxyl groups is 1. The Labute approximate surface area is 112 Å². The minimum Gasteiger partial charge on any atom is -0.398 e. The van der Waals surface area contributed by atoms with Crippen molar-refractivity contribution in [3.63, 3.8) is 0 Å². The Balaban J connectivity index is 2.39. The summed E-state index contributed by atoms with van der Waals surface area (Å²) in [6, 6.07) is 5.98. The number of nitrogen functional groups attached to an aromatic ring is 1. The molecule has 0 amide bonds. The molecule has 0 saturated carbocycles. The first-order valence-corrected chi connectivity index (χ1v) is 7.22. The number of β-amino-alcohol motifs (C(OH)–C–C–N with tert-alkyl or cyclic N) is 1. The summed E-state index contributed by atoms with van der Waals surface area (Å²) in [6.07, 6.45) is 0.391. The Bertz CT molecular complexity index is 647. The van der Waals surface area contributed by atoms with Crippen LogP contribution in [0.25, 0.3) is 0 Å². The van der Waals surface area contributed by atoms with Gasteiger partial charge in [0.05, 0.1) is 22.9 Å². The minimum atomic E-state index is -3.73. The lowest BCUT2D eigenvalue weighted by molar-refractivity contribution is 0.0762. The van der Waals surface area contributed by atoms with E-state index < -0.39 is 15.6 Å². The molecule has 1 atom stereocenters. The Morgan fingerprint density at radius 2 is 2.21 bits per heavy atom. The number of anilines is 1. The van der Waals surface area contributed by atoms with Crippen molar-refractivity contribution in [3.8, 4) is 6.07 Å². The molecule has 19 heavy (non-hydrogen) atoms. The van der Waals surface area contributed by atoms with Crippen molar-refractivity contribution in [2.24, 2.45) is 0 Å². The van der Waals surface area contributed by atoms with E-state index in [1.165, 1.54) is 22.5 Å². The van der Waals surface area contributed by atoms with Gasteiger partial charge < -0.3 is 10.8 Å². The van der Waals surface area contributed by atoms with Crippen LogP contribution in [0.1, 0.15) is 18.9 Å². The number of hydrogen-bond donors (Lipinski definition) is 2. The third-order valence-electron chi connectivity index (χ3n) is 3.17. The summed E-state index contributed by atoms with van der Waals surface area (Å²) >= 11 is 0. The Morgan fingerprint density at radius 1 is 1.53 bits per heavy atom. The molecule has 1 aromatic carbocycles. The summed E-state index contributed by atoms with van der Waals surface area (Å²) in [5.41, 5.74) is 5.05. The molecule has 0 aromatic heterocycles. The molecule has 1 unspecified atom stereocenters. The van der Waals surface area contributed by atoms with E-state index in [1.54, 1.807) is 6.92 Å². The molecule has 0 bridgehead atoms. The number of nitrogens with two attached hydrogens (primary N) is 1. The standard InChI is InChI=1S/C12H15N3O3S/c1-12(16)4-5-15(8-12)19(17,18)11-3-2-9(7-13)6-10(11)14/h2-3,6,16H,4-5,8,14H2,1H3. The van der Waals surface area contributed by atoms with Crippen LogP contribution in [-0.4, -0.2) is 36.5 Å². The molecule has 1 heterocycles. The molecule has 0 spiro atoms. The van der Waals surface area contributed by atoms with E-state index in [0.717, 1.165) is 0 Å². The van der Waals surface area contributed by atoms with Crippen molar-refractivity contribution >= 4 is 15.7 Å². The van der Waals surface area contributed by atoms with E-state index in [-0.39, 0.29) is 23.7 Å². The predicted molar refractivity (Wildman–Crippen MR) is 69.6 cm³/mol. The lowest BCUT2D eigenvalue weighted by Gasteiger charge is -2.19. The molecule has 0 aliphatic carbocycles. The molecule has 1 aliphatic rings. The van der Waals surface area contributed by atoms with Gasteiger partial charge in [-0.15, -0.1) is 0 Å². The Hall–Kier alpha value is -1.62. The van der Waals surface area contributed by atoms with Gasteiger partial charge in [0, 0.05) is 13.1 Å². The highest BCUT2D eigenvalue weighted by Crippen LogP contribution is 2.29. The predicted octanol–water partition coefficient (Wildman–Crippen LogP) is 0.286. The van der Waals surface area contributed by atoms with E-state index in [2.05, 4.69) is 0 Å². The zero-order valence-electron chi connectivity index (χ0n) is 10.5. The average Bonchev–Trinajstić information content (AvgIpc) is 2.69. The third kappa shape index (κ3) is 2.56. The van der Waals surface area contributed by atoms with Gasteiger partial charge in [-0.05, 0) is 31.5 Å². The first-order valence-electron chi connectivity index (χ1n) is 5.78. The van der Waals surface area contributed by atoms with Crippen molar-refractivity contribution < 1.29 is 13.5 Å². The second-order valence-corrected chi connectivity index (χ2v) is 6.86. The van der Waals surface area contributed by atoms with Crippen molar-refractivity contribution in [3.05, 3.63) is 23.8 Å². The quantitative estimate of drug-likeness (QED) is 0.757. The fourth-order valence-electron chi connectivity index (χ4n) is 2.10. The summed E-state index contributed by atoms with van der Waals surface area (Å²) in [4.78, 5) is -0.0239. The minimum absolute atomic E-state index is 0.0239. The molecular weight excluding hydrogens is 266 g/mol. The number of sulfonamides is 1. The van der Waals surface area contributed by atoms with Crippen LogP contribution < -0.4 is 5.73 Å². The van der Waals surface area contributed by atoms with Crippen LogP contribution in [0.2, 0.25) is 0 Å². The zero-order valence-corrected chi connectivity index (χ0v) is 11.3. The normalized spacial score (nSPS) is 24.3. The summed E-state index contributed by atoms with van der Waals surface area (Å²) in [6.45, 7) is 1.91. The van der Waals surface area contributed by atoms with Gasteiger partial charge in [-0.25, -0.2) is 8.42 Å². The summed E-state index contributed by atoms with van der Waals surface area (Å²) in [5.74, 6) is 0. The maximum absolute atomic E-state index is 12.4. The van der Waals surface area contributed by atoms with Gasteiger partial charge in [0.1, 0.15) is 4.90 Å². The van der Waals surface area contributed by atoms with E-state index in [9.17, 15) is 13.5 Å². The maximum atomic E-state index is 12.4. The van der Waals surface area contributed by atoms with Gasteiger partial charge in [-0.3, -0.25) is 0 Å². The second kappa shape index (κ2) is 4.49. The average molecular weight is 281 g/mol. The number of rotatable bonds is 2. The van der Waals surface area contributed by atoms with Crippen LogP contribution in [-0.2, 0) is 10.0 Å². The number of hydrogen-bond acceptors (Lipinski definition) is 5. The zero-order chi connectivity index (χ0) is 14.3. The first kappa shape index (κ1) is 13.8. The number of nitrogens with zero attached hydrogens (tertiary/aromatic N) is 2. The largest absolute Gasteiger partial charge is 0.398 e. The van der Waals surface area contributed by atoms with Crippen LogP contribution >= 0.6 is 0 Å². The molecule has 1 fully saturated rings. The van der Waals surface area contributed by atoms with E-state index >= 15 is 0 Å². The van der Waals surface area contributed by atoms with Crippen LogP contribution in [0.4, 0.5) is 5.69 Å². The molecular formula is C12H15N3O3S. The highest BCUT2D eigenvalue weighted by molar-refractivity contribution is 7.89. The van der Waals surface area contributed by atoms with Crippen LogP contribution in [0, 0.1) is 11.3 Å². The van der Waals surface area contributed by atoms with Gasteiger partial charge in [0.25, 0.3) is 0 Å². The molecule has 3 N–H and O–H groups in total. The van der Waals surface area contributed by atoms with E-state index in [4.69, 9.17) is 11.0 Å². The van der Waals surface area contributed by atoms with E-state index in [0.29, 0.717) is 12.0 Å². The van der Waals surface area contributed by atoms with Crippen LogP contribution in [0.5, 0.6) is 0 Å². The smallest absolute Gasteiger partial charge is 0.245 e. The molecule has 6 nitrogen and oxygen atoms in total. The fraction of sp³-hybridized carbons (Fsp3) is 0.417. The number of benzene rings is 1. The molecule has 1 saturated heterocycles. The van der Waals surface area contributed by atoms with Crippen molar-refractivity contribution in [1.29, 1.82) is 5.26 Å². The first-order chi connectivity index (χ1) is 8.76. The Morgan fingerprint density at radius 3 is 2.68 bits per heavy atom. The second-order valence-electron chi connectivity index (χ2n) is 4.95. The van der Waals surface area contributed by atoms with Gasteiger partial charge in [-0.2, -0.15) is 9.57 Å². The van der Waals surface area contributed by atoms with Gasteiger partial charge in [0.15, 0.2) is 0 Å². The van der Waals surface area contributed by atoms with Crippen LogP contribution in [0.3, 0.4) is 0 Å². The fourth-order valence-corrected chi connectivity index (χ4v) is 3.76. The Kier molecular flexibility index (Phi) is 3.26. The van der Waals surface area contributed by atoms with Crippen molar-refractivity contribution in [2.45, 2.75) is 23.8 Å². The summed E-state index contributed by atoms with van der Waals surface area (Å²) in [7, 11) is -3.73. The lowest BCUT2D eigenvalue weighted by atomic mass is 10.1. The van der Waals surface area contributed by atoms with Crippen LogP contribution in [0.15, 0.2) is 23.1 Å². The molecule has 102 valence electrons. The molecule has 2 rings (SSSR count). The third-order valence-corrected chi connectivity index (χ3v) is 5.09. The molecule has 1 aliphatic heterocycles. The lowest BCUT2D eigenvalue weighted by Crippen LogP contribution is -2.34. The SMILES string of the molecule is CC1(O)CCN(S(=O)(=O)c2ccc(C#N)cc2N)C1. The van der Waals surface area contributed by atoms with Gasteiger partial charge >= 0.3 is 0 Å². The van der Waals surface area contributed by atoms with Gasteiger partial charge in [0.2, 0.25) is 10.0 Å². The highest BCUT2D eigenvalue weighted by Gasteiger charge is 2.39. The van der Waals surface area contributed by atoms with Crippen molar-refractivity contribution in [2.75, 3.05) is 18.8 Å². The van der Waals surface area contributed by atoms with E-state index in [1.807, 2.05) is 6.07 Å². The topological polar surface area (TPSA) is 107 Å². The molecule has 7 heteroatoms. The summed E-state index contributed by atoms with van der Waals surface area (Å²) in [5, 5.41) is 18.6. The summed E-state index contributed by atoms with van der Waals surface area (Å²) < 4.78 is 26.0. The van der Waals surface area contributed by atoms with Gasteiger partial charge in [-0.1, -0.05) is 0 Å². The maximum Gasteiger partial charge on any atom is 0.245 e. The monoisotopic (exact) mass is 281 g/mol.